The van der Waals surface area contributed by atoms with Crippen LogP contribution in [0.3, 0.4) is 0 Å². The predicted octanol–water partition coefficient (Wildman–Crippen LogP) is 4.90. The van der Waals surface area contributed by atoms with Crippen LogP contribution in [0.5, 0.6) is 0 Å². The average Bonchev–Trinajstić information content (AvgIpc) is 2.97. The van der Waals surface area contributed by atoms with Crippen molar-refractivity contribution in [3.63, 3.8) is 0 Å². The molecule has 4 rings (SSSR count). The van der Waals surface area contributed by atoms with Crippen LogP contribution in [-0.2, 0) is 4.79 Å². The summed E-state index contributed by atoms with van der Waals surface area (Å²) in [6.07, 6.45) is 8.54. The second-order valence-corrected chi connectivity index (χ2v) is 13.1. The fourth-order valence-electron chi connectivity index (χ4n) is 8.47. The molecule has 0 amide bonds. The van der Waals surface area contributed by atoms with Gasteiger partial charge >= 0.3 is 0 Å². The number of hydrogen-bond acceptors (Lipinski definition) is 4. The number of hydrogen-bond donors (Lipinski definition) is 3. The first-order chi connectivity index (χ1) is 14.8. The van der Waals surface area contributed by atoms with Crippen LogP contribution in [0.1, 0.15) is 92.9 Å². The molecule has 0 spiro atoms. The Morgan fingerprint density at radius 1 is 1.00 bits per heavy atom. The Morgan fingerprint density at radius 3 is 2.31 bits per heavy atom. The highest BCUT2D eigenvalue weighted by atomic mass is 16.3. The van der Waals surface area contributed by atoms with Crippen molar-refractivity contribution < 1.29 is 20.1 Å². The molecule has 4 aliphatic rings. The topological polar surface area (TPSA) is 77.8 Å². The maximum atomic E-state index is 13.2. The first kappa shape index (κ1) is 24.4. The molecule has 0 aromatic carbocycles. The minimum atomic E-state index is -0.675. The molecule has 10 atom stereocenters. The monoisotopic (exact) mass is 446 g/mol. The Bertz CT molecular complexity index is 766. The summed E-state index contributed by atoms with van der Waals surface area (Å²) in [5, 5.41) is 31.8. The minimum absolute atomic E-state index is 0.0246. The molecule has 0 aliphatic heterocycles. The molecule has 3 N–H and O–H groups in total. The third kappa shape index (κ3) is 3.82. The second kappa shape index (κ2) is 8.20. The van der Waals surface area contributed by atoms with Gasteiger partial charge in [-0.25, -0.2) is 0 Å². The van der Waals surface area contributed by atoms with Crippen LogP contribution in [-0.4, -0.2) is 38.9 Å². The van der Waals surface area contributed by atoms with E-state index < -0.39 is 5.60 Å². The quantitative estimate of drug-likeness (QED) is 0.561. The number of aliphatic hydroxyl groups excluding tert-OH is 2. The molecule has 0 radical (unpaired) electrons. The zero-order chi connectivity index (χ0) is 23.6. The van der Waals surface area contributed by atoms with E-state index in [9.17, 15) is 20.1 Å². The van der Waals surface area contributed by atoms with E-state index in [0.717, 1.165) is 44.9 Å². The maximum Gasteiger partial charge on any atom is 0.159 e. The number of aliphatic hydroxyl groups is 3. The van der Waals surface area contributed by atoms with E-state index in [0.29, 0.717) is 18.3 Å². The Labute approximate surface area is 194 Å². The lowest BCUT2D eigenvalue weighted by molar-refractivity contribution is -0.132. The smallest absolute Gasteiger partial charge is 0.159 e. The van der Waals surface area contributed by atoms with E-state index in [1.54, 1.807) is 0 Å². The molecule has 0 bridgehead atoms. The first-order valence-corrected chi connectivity index (χ1v) is 13.1. The van der Waals surface area contributed by atoms with Gasteiger partial charge in [-0.2, -0.15) is 0 Å². The van der Waals surface area contributed by atoms with Crippen molar-refractivity contribution in [2.45, 2.75) is 111 Å². The van der Waals surface area contributed by atoms with Crippen LogP contribution in [0.25, 0.3) is 0 Å². The van der Waals surface area contributed by atoms with E-state index >= 15 is 0 Å². The summed E-state index contributed by atoms with van der Waals surface area (Å²) in [6.45, 7) is 12.8. The lowest BCUT2D eigenvalue weighted by Crippen LogP contribution is -2.52. The number of carbonyl (C=O) groups excluding carboxylic acids is 1. The van der Waals surface area contributed by atoms with E-state index in [-0.39, 0.29) is 52.5 Å². The molecular weight excluding hydrogens is 400 g/mol. The highest BCUT2D eigenvalue weighted by Crippen LogP contribution is 2.66. The Hall–Kier alpha value is -0.710. The summed E-state index contributed by atoms with van der Waals surface area (Å²) < 4.78 is 0. The summed E-state index contributed by atoms with van der Waals surface area (Å²) in [6, 6.07) is 0. The van der Waals surface area contributed by atoms with Crippen molar-refractivity contribution >= 4 is 5.78 Å². The predicted molar refractivity (Wildman–Crippen MR) is 127 cm³/mol. The Balaban J connectivity index is 1.57. The van der Waals surface area contributed by atoms with Gasteiger partial charge in [0, 0.05) is 5.92 Å². The number of ketones is 1. The van der Waals surface area contributed by atoms with Gasteiger partial charge in [-0.15, -0.1) is 0 Å². The van der Waals surface area contributed by atoms with Gasteiger partial charge in [0.15, 0.2) is 5.78 Å². The Kier molecular flexibility index (Phi) is 6.26. The fourth-order valence-corrected chi connectivity index (χ4v) is 8.47. The number of carbonyl (C=O) groups is 1. The number of allylic oxidation sites excluding steroid dienone is 2. The summed E-state index contributed by atoms with van der Waals surface area (Å²) in [4.78, 5) is 13.2. The van der Waals surface area contributed by atoms with E-state index in [1.165, 1.54) is 5.57 Å². The zero-order valence-electron chi connectivity index (χ0n) is 21.1. The molecule has 4 heteroatoms. The molecule has 4 nitrogen and oxygen atoms in total. The van der Waals surface area contributed by atoms with E-state index in [1.807, 2.05) is 19.9 Å². The van der Waals surface area contributed by atoms with Crippen LogP contribution >= 0.6 is 0 Å². The van der Waals surface area contributed by atoms with Crippen molar-refractivity contribution in [2.75, 3.05) is 0 Å². The van der Waals surface area contributed by atoms with Crippen molar-refractivity contribution in [1.29, 1.82) is 0 Å². The molecule has 4 aliphatic carbocycles. The van der Waals surface area contributed by atoms with Gasteiger partial charge in [0.05, 0.1) is 17.8 Å². The molecule has 0 saturated heterocycles. The van der Waals surface area contributed by atoms with Gasteiger partial charge < -0.3 is 15.3 Å². The molecule has 0 aromatic heterocycles. The van der Waals surface area contributed by atoms with Crippen LogP contribution in [0.2, 0.25) is 0 Å². The minimum Gasteiger partial charge on any atom is -0.393 e. The fraction of sp³-hybridized carbons (Fsp3) is 0.893. The molecule has 3 fully saturated rings. The van der Waals surface area contributed by atoms with Crippen LogP contribution in [0, 0.1) is 46.3 Å². The number of fused-ring (bicyclic) bond motifs is 5. The van der Waals surface area contributed by atoms with Gasteiger partial charge in [0.2, 0.25) is 0 Å². The van der Waals surface area contributed by atoms with Gasteiger partial charge in [0.25, 0.3) is 0 Å². The first-order valence-electron chi connectivity index (χ1n) is 13.1. The molecule has 10 unspecified atom stereocenters. The van der Waals surface area contributed by atoms with Crippen molar-refractivity contribution in [1.82, 2.24) is 0 Å². The normalized spacial score (nSPS) is 46.0. The van der Waals surface area contributed by atoms with E-state index in [2.05, 4.69) is 27.7 Å². The zero-order valence-corrected chi connectivity index (χ0v) is 21.1. The SMILES string of the molecule is CC(CCC(C)C(C)(C)O)C1C(O)CC2C3=CC(=O)C4CC(O)CCC4(C)C3CCC21C. The van der Waals surface area contributed by atoms with Gasteiger partial charge in [-0.05, 0) is 112 Å². The molecule has 32 heavy (non-hydrogen) atoms. The van der Waals surface area contributed by atoms with Gasteiger partial charge in [0.1, 0.15) is 0 Å². The summed E-state index contributed by atoms with van der Waals surface area (Å²) in [5.74, 6) is 1.70. The lowest BCUT2D eigenvalue weighted by atomic mass is 9.47. The average molecular weight is 447 g/mol. The third-order valence-electron chi connectivity index (χ3n) is 10.9. The highest BCUT2D eigenvalue weighted by molar-refractivity contribution is 5.94. The van der Waals surface area contributed by atoms with E-state index in [4.69, 9.17) is 0 Å². The summed E-state index contributed by atoms with van der Waals surface area (Å²) in [5.41, 5.74) is 0.623. The third-order valence-corrected chi connectivity index (χ3v) is 10.9. The molecular formula is C28H46O4. The molecule has 182 valence electrons. The summed E-state index contributed by atoms with van der Waals surface area (Å²) >= 11 is 0. The number of rotatable bonds is 5. The molecule has 0 heterocycles. The highest BCUT2D eigenvalue weighted by Gasteiger charge is 2.61. The second-order valence-electron chi connectivity index (χ2n) is 13.1. The molecule has 3 saturated carbocycles. The lowest BCUT2D eigenvalue weighted by Gasteiger charge is -2.57. The Morgan fingerprint density at radius 2 is 1.66 bits per heavy atom. The van der Waals surface area contributed by atoms with Crippen LogP contribution in [0.15, 0.2) is 11.6 Å². The van der Waals surface area contributed by atoms with Crippen molar-refractivity contribution in [3.05, 3.63) is 11.6 Å². The summed E-state index contributed by atoms with van der Waals surface area (Å²) in [7, 11) is 0. The molecule has 0 aromatic rings. The maximum absolute atomic E-state index is 13.2. The van der Waals surface area contributed by atoms with Crippen LogP contribution < -0.4 is 0 Å². The van der Waals surface area contributed by atoms with Gasteiger partial charge in [-0.3, -0.25) is 4.79 Å². The largest absolute Gasteiger partial charge is 0.393 e. The van der Waals surface area contributed by atoms with Crippen LogP contribution in [0.4, 0.5) is 0 Å². The van der Waals surface area contributed by atoms with Gasteiger partial charge in [-0.1, -0.05) is 33.3 Å². The van der Waals surface area contributed by atoms with Crippen molar-refractivity contribution in [2.24, 2.45) is 46.3 Å². The standard InChI is InChI=1S/C28H46O4/c1-16(7-8-17(2)26(3,4)32)25-24(31)15-21-19-14-23(30)22-13-18(29)9-11-27(22,5)20(19)10-12-28(21,25)6/h14,16-18,20-22,24-25,29,31-32H,7-13,15H2,1-6H3. The van der Waals surface area contributed by atoms with Crippen molar-refractivity contribution in [3.8, 4) is 0 Å².